The molecule has 0 aliphatic carbocycles. The molecule has 0 aliphatic heterocycles. The fourth-order valence-electron chi connectivity index (χ4n) is 3.38. The highest BCUT2D eigenvalue weighted by Crippen LogP contribution is 2.31. The highest BCUT2D eigenvalue weighted by molar-refractivity contribution is 7.99. The maximum absolute atomic E-state index is 11.6. The summed E-state index contributed by atoms with van der Waals surface area (Å²) in [7, 11) is 1.51. The number of benzene rings is 2. The zero-order valence-electron chi connectivity index (χ0n) is 19.1. The van der Waals surface area contributed by atoms with Gasteiger partial charge in [-0.1, -0.05) is 30.0 Å². The number of rotatable bonds is 10. The number of furan rings is 1. The molecule has 0 amide bonds. The molecule has 0 saturated heterocycles. The van der Waals surface area contributed by atoms with E-state index in [2.05, 4.69) is 10.2 Å². The SMILES string of the molecule is COc1cc(C(C)=O)ccc1OCC(O)CSc1nnc(-c2ccoc2C)n1-c1ccccc1. The van der Waals surface area contributed by atoms with Crippen molar-refractivity contribution in [1.82, 2.24) is 14.8 Å². The number of aliphatic hydroxyl groups excluding tert-OH is 1. The summed E-state index contributed by atoms with van der Waals surface area (Å²) in [5, 5.41) is 20.0. The summed E-state index contributed by atoms with van der Waals surface area (Å²) < 4.78 is 18.5. The van der Waals surface area contributed by atoms with Crippen LogP contribution in [0.3, 0.4) is 0 Å². The van der Waals surface area contributed by atoms with Crippen LogP contribution in [0.1, 0.15) is 23.0 Å². The van der Waals surface area contributed by atoms with Crippen LogP contribution in [0.15, 0.2) is 70.4 Å². The van der Waals surface area contributed by atoms with E-state index in [9.17, 15) is 9.90 Å². The van der Waals surface area contributed by atoms with Crippen molar-refractivity contribution in [3.05, 3.63) is 72.2 Å². The lowest BCUT2D eigenvalue weighted by molar-refractivity contribution is 0.101. The number of carbonyl (C=O) groups is 1. The van der Waals surface area contributed by atoms with Crippen molar-refractivity contribution in [2.45, 2.75) is 25.1 Å². The molecule has 0 aliphatic rings. The summed E-state index contributed by atoms with van der Waals surface area (Å²) in [6, 6.07) is 16.6. The van der Waals surface area contributed by atoms with Gasteiger partial charge in [0.15, 0.2) is 28.3 Å². The van der Waals surface area contributed by atoms with E-state index < -0.39 is 6.10 Å². The number of aliphatic hydroxyl groups is 1. The Kier molecular flexibility index (Phi) is 7.34. The quantitative estimate of drug-likeness (QED) is 0.261. The topological polar surface area (TPSA) is 99.6 Å². The number of para-hydroxylation sites is 1. The van der Waals surface area contributed by atoms with Crippen LogP contribution in [0.2, 0.25) is 0 Å². The molecule has 2 aromatic carbocycles. The number of aromatic nitrogens is 3. The van der Waals surface area contributed by atoms with Crippen LogP contribution in [0, 0.1) is 6.92 Å². The first kappa shape index (κ1) is 23.6. The molecular formula is C25H25N3O5S. The zero-order valence-corrected chi connectivity index (χ0v) is 19.9. The second kappa shape index (κ2) is 10.6. The van der Waals surface area contributed by atoms with Crippen molar-refractivity contribution in [2.75, 3.05) is 19.5 Å². The molecular weight excluding hydrogens is 454 g/mol. The average molecular weight is 480 g/mol. The van der Waals surface area contributed by atoms with Crippen LogP contribution >= 0.6 is 11.8 Å². The van der Waals surface area contributed by atoms with Crippen molar-refractivity contribution in [3.8, 4) is 28.6 Å². The largest absolute Gasteiger partial charge is 0.493 e. The summed E-state index contributed by atoms with van der Waals surface area (Å²) in [4.78, 5) is 11.6. The third kappa shape index (κ3) is 5.16. The lowest BCUT2D eigenvalue weighted by Gasteiger charge is -2.15. The Morgan fingerprint density at radius 2 is 1.94 bits per heavy atom. The standard InChI is InChI=1S/C25H25N3O5S/c1-16(29)18-9-10-22(23(13-18)31-3)33-14-20(30)15-34-25-27-26-24(21-11-12-32-17(21)2)28(25)19-7-5-4-6-8-19/h4-13,20,30H,14-15H2,1-3H3. The predicted molar refractivity (Wildman–Crippen MR) is 129 cm³/mol. The van der Waals surface area contributed by atoms with Crippen molar-refractivity contribution in [1.29, 1.82) is 0 Å². The predicted octanol–water partition coefficient (Wildman–Crippen LogP) is 4.58. The second-order valence-electron chi connectivity index (χ2n) is 7.57. The van der Waals surface area contributed by atoms with Crippen LogP contribution in [0.25, 0.3) is 17.1 Å². The Morgan fingerprint density at radius 1 is 1.15 bits per heavy atom. The molecule has 1 unspecified atom stereocenters. The Labute approximate surface area is 201 Å². The molecule has 8 nitrogen and oxygen atoms in total. The van der Waals surface area contributed by atoms with Gasteiger partial charge >= 0.3 is 0 Å². The van der Waals surface area contributed by atoms with E-state index >= 15 is 0 Å². The lowest BCUT2D eigenvalue weighted by atomic mass is 10.1. The van der Waals surface area contributed by atoms with Crippen molar-refractivity contribution in [3.63, 3.8) is 0 Å². The fourth-order valence-corrected chi connectivity index (χ4v) is 4.23. The smallest absolute Gasteiger partial charge is 0.196 e. The van der Waals surface area contributed by atoms with Crippen LogP contribution < -0.4 is 9.47 Å². The van der Waals surface area contributed by atoms with Gasteiger partial charge in [0.2, 0.25) is 0 Å². The number of methoxy groups -OCH3 is 1. The van der Waals surface area contributed by atoms with E-state index in [1.54, 1.807) is 24.5 Å². The van der Waals surface area contributed by atoms with Gasteiger partial charge < -0.3 is 19.0 Å². The number of hydrogen-bond donors (Lipinski definition) is 1. The normalized spacial score (nSPS) is 11.9. The molecule has 176 valence electrons. The van der Waals surface area contributed by atoms with Gasteiger partial charge in [-0.15, -0.1) is 10.2 Å². The third-order valence-electron chi connectivity index (χ3n) is 5.15. The van der Waals surface area contributed by atoms with Crippen LogP contribution in [-0.2, 0) is 0 Å². The molecule has 0 radical (unpaired) electrons. The van der Waals surface area contributed by atoms with E-state index in [0.717, 1.165) is 17.0 Å². The monoisotopic (exact) mass is 479 g/mol. The molecule has 1 N–H and O–H groups in total. The minimum absolute atomic E-state index is 0.0515. The van der Waals surface area contributed by atoms with Crippen LogP contribution in [-0.4, -0.2) is 51.2 Å². The molecule has 0 fully saturated rings. The van der Waals surface area contributed by atoms with Gasteiger partial charge in [-0.2, -0.15) is 0 Å². The first-order chi connectivity index (χ1) is 16.5. The number of aryl methyl sites for hydroxylation is 1. The molecule has 34 heavy (non-hydrogen) atoms. The van der Waals surface area contributed by atoms with E-state index in [0.29, 0.717) is 33.8 Å². The minimum atomic E-state index is -0.776. The van der Waals surface area contributed by atoms with Gasteiger partial charge in [-0.05, 0) is 50.2 Å². The number of carbonyl (C=O) groups excluding carboxylic acids is 1. The van der Waals surface area contributed by atoms with E-state index in [4.69, 9.17) is 13.9 Å². The van der Waals surface area contributed by atoms with E-state index in [1.807, 2.05) is 47.9 Å². The molecule has 4 rings (SSSR count). The van der Waals surface area contributed by atoms with Gasteiger partial charge in [-0.25, -0.2) is 0 Å². The molecule has 4 aromatic rings. The van der Waals surface area contributed by atoms with Crippen molar-refractivity contribution in [2.24, 2.45) is 0 Å². The molecule has 2 heterocycles. The summed E-state index contributed by atoms with van der Waals surface area (Å²) in [6.45, 7) is 3.42. The molecule has 2 aromatic heterocycles. The number of hydrogen-bond acceptors (Lipinski definition) is 8. The lowest BCUT2D eigenvalue weighted by Crippen LogP contribution is -2.20. The zero-order chi connectivity index (χ0) is 24.1. The van der Waals surface area contributed by atoms with Crippen LogP contribution in [0.5, 0.6) is 11.5 Å². The maximum Gasteiger partial charge on any atom is 0.196 e. The Morgan fingerprint density at radius 3 is 2.62 bits per heavy atom. The van der Waals surface area contributed by atoms with Crippen LogP contribution in [0.4, 0.5) is 0 Å². The summed E-state index contributed by atoms with van der Waals surface area (Å²) >= 11 is 1.38. The highest BCUT2D eigenvalue weighted by atomic mass is 32.2. The average Bonchev–Trinajstić information content (AvgIpc) is 3.47. The summed E-state index contributed by atoms with van der Waals surface area (Å²) in [6.07, 6.45) is 0.849. The van der Waals surface area contributed by atoms with Crippen molar-refractivity contribution < 1.29 is 23.8 Å². The molecule has 0 saturated carbocycles. The van der Waals surface area contributed by atoms with Gasteiger partial charge in [0.05, 0.1) is 25.0 Å². The molecule has 0 spiro atoms. The second-order valence-corrected chi connectivity index (χ2v) is 8.55. The molecule has 1 atom stereocenters. The number of Topliss-reactive ketones (excluding diaryl/α,β-unsaturated/α-hetero) is 1. The Balaban J connectivity index is 1.47. The number of ether oxygens (including phenoxy) is 2. The minimum Gasteiger partial charge on any atom is -0.493 e. The van der Waals surface area contributed by atoms with Gasteiger partial charge in [0.25, 0.3) is 0 Å². The molecule has 0 bridgehead atoms. The van der Waals surface area contributed by atoms with E-state index in [-0.39, 0.29) is 12.4 Å². The van der Waals surface area contributed by atoms with Gasteiger partial charge in [0.1, 0.15) is 12.4 Å². The van der Waals surface area contributed by atoms with E-state index in [1.165, 1.54) is 25.8 Å². The number of nitrogens with zero attached hydrogens (tertiary/aromatic N) is 3. The maximum atomic E-state index is 11.6. The third-order valence-corrected chi connectivity index (χ3v) is 6.23. The Bertz CT molecular complexity index is 1270. The van der Waals surface area contributed by atoms with Crippen molar-refractivity contribution >= 4 is 17.5 Å². The summed E-state index contributed by atoms with van der Waals surface area (Å²) in [5.41, 5.74) is 2.30. The first-order valence-electron chi connectivity index (χ1n) is 10.7. The molecule has 9 heteroatoms. The summed E-state index contributed by atoms with van der Waals surface area (Å²) in [5.74, 6) is 2.59. The number of ketones is 1. The number of thioether (sulfide) groups is 1. The highest BCUT2D eigenvalue weighted by Gasteiger charge is 2.20. The Hall–Kier alpha value is -3.56. The van der Waals surface area contributed by atoms with Gasteiger partial charge in [-0.3, -0.25) is 9.36 Å². The first-order valence-corrected chi connectivity index (χ1v) is 11.6. The fraction of sp³-hybridized carbons (Fsp3) is 0.240. The van der Waals surface area contributed by atoms with Gasteiger partial charge in [0, 0.05) is 17.0 Å².